The molecule has 100 valence electrons. The quantitative estimate of drug-likeness (QED) is 0.863. The molecule has 0 aromatic carbocycles. The van der Waals surface area contributed by atoms with Crippen LogP contribution < -0.4 is 10.6 Å². The first-order valence-electron chi connectivity index (χ1n) is 6.49. The van der Waals surface area contributed by atoms with Crippen molar-refractivity contribution in [2.75, 3.05) is 24.7 Å². The van der Waals surface area contributed by atoms with E-state index in [0.717, 1.165) is 35.6 Å². The minimum absolute atomic E-state index is 0.913. The van der Waals surface area contributed by atoms with Gasteiger partial charge in [0.1, 0.15) is 0 Å². The van der Waals surface area contributed by atoms with Crippen LogP contribution >= 0.6 is 0 Å². The lowest BCUT2D eigenvalue weighted by atomic mass is 10.1. The van der Waals surface area contributed by atoms with Crippen LogP contribution in [0.15, 0.2) is 30.6 Å². The van der Waals surface area contributed by atoms with Crippen LogP contribution in [0.1, 0.15) is 17.0 Å². The van der Waals surface area contributed by atoms with Crippen LogP contribution in [0.3, 0.4) is 0 Å². The number of aromatic nitrogens is 2. The van der Waals surface area contributed by atoms with Gasteiger partial charge in [0.05, 0.1) is 0 Å². The van der Waals surface area contributed by atoms with Crippen molar-refractivity contribution >= 4 is 11.4 Å². The maximum absolute atomic E-state index is 4.57. The highest BCUT2D eigenvalue weighted by Crippen LogP contribution is 2.17. The smallest absolute Gasteiger partial charge is 0.0430 e. The van der Waals surface area contributed by atoms with Gasteiger partial charge < -0.3 is 10.6 Å². The molecule has 0 aliphatic heterocycles. The molecule has 2 N–H and O–H groups in total. The summed E-state index contributed by atoms with van der Waals surface area (Å²) < 4.78 is 0. The van der Waals surface area contributed by atoms with Crippen LogP contribution in [-0.4, -0.2) is 24.1 Å². The SMILES string of the molecule is CNc1cc(C)nc(CCc2cnccc2NC)c1. The van der Waals surface area contributed by atoms with Crippen LogP contribution in [0.4, 0.5) is 11.4 Å². The standard InChI is InChI=1S/C15H20N4/c1-11-8-14(16-2)9-13(19-11)5-4-12-10-18-7-6-15(12)17-3/h6-10H,4-5H2,1-3H3,(H,16,19)(H,17,18). The Kier molecular flexibility index (Phi) is 4.34. The highest BCUT2D eigenvalue weighted by Gasteiger charge is 2.04. The molecule has 0 bridgehead atoms. The number of hydrogen-bond donors (Lipinski definition) is 2. The van der Waals surface area contributed by atoms with Gasteiger partial charge in [0, 0.05) is 49.3 Å². The molecule has 0 atom stereocenters. The summed E-state index contributed by atoms with van der Waals surface area (Å²) in [5.74, 6) is 0. The zero-order valence-electron chi connectivity index (χ0n) is 11.7. The van der Waals surface area contributed by atoms with E-state index in [1.165, 1.54) is 5.56 Å². The van der Waals surface area contributed by atoms with E-state index in [1.54, 1.807) is 6.20 Å². The minimum atomic E-state index is 0.913. The highest BCUT2D eigenvalue weighted by molar-refractivity contribution is 5.49. The fourth-order valence-electron chi connectivity index (χ4n) is 2.14. The molecule has 0 unspecified atom stereocenters. The second-order valence-electron chi connectivity index (χ2n) is 4.52. The first-order chi connectivity index (χ1) is 9.22. The molecule has 4 heteroatoms. The number of pyridine rings is 2. The summed E-state index contributed by atoms with van der Waals surface area (Å²) in [6.07, 6.45) is 5.57. The van der Waals surface area contributed by atoms with Crippen molar-refractivity contribution < 1.29 is 0 Å². The Morgan fingerprint density at radius 1 is 1.11 bits per heavy atom. The van der Waals surface area contributed by atoms with Crippen molar-refractivity contribution in [3.63, 3.8) is 0 Å². The van der Waals surface area contributed by atoms with Gasteiger partial charge in [-0.05, 0) is 43.5 Å². The lowest BCUT2D eigenvalue weighted by Crippen LogP contribution is -2.01. The largest absolute Gasteiger partial charge is 0.388 e. The number of nitrogens with one attached hydrogen (secondary N) is 2. The predicted molar refractivity (Wildman–Crippen MR) is 79.7 cm³/mol. The summed E-state index contributed by atoms with van der Waals surface area (Å²) in [4.78, 5) is 8.76. The van der Waals surface area contributed by atoms with Crippen LogP contribution in [-0.2, 0) is 12.8 Å². The fraction of sp³-hybridized carbons (Fsp3) is 0.333. The number of rotatable bonds is 5. The first kappa shape index (κ1) is 13.3. The average Bonchev–Trinajstić information content (AvgIpc) is 2.44. The monoisotopic (exact) mass is 256 g/mol. The topological polar surface area (TPSA) is 49.8 Å². The molecule has 2 aromatic rings. The molecule has 2 heterocycles. The van der Waals surface area contributed by atoms with E-state index in [1.807, 2.05) is 39.3 Å². The summed E-state index contributed by atoms with van der Waals surface area (Å²) in [5.41, 5.74) is 5.62. The average molecular weight is 256 g/mol. The van der Waals surface area contributed by atoms with Gasteiger partial charge in [-0.2, -0.15) is 0 Å². The molecular weight excluding hydrogens is 236 g/mol. The van der Waals surface area contributed by atoms with E-state index in [9.17, 15) is 0 Å². The third-order valence-corrected chi connectivity index (χ3v) is 3.12. The van der Waals surface area contributed by atoms with Gasteiger partial charge >= 0.3 is 0 Å². The Labute approximate surface area is 114 Å². The first-order valence-corrected chi connectivity index (χ1v) is 6.49. The van der Waals surface area contributed by atoms with Gasteiger partial charge in [-0.25, -0.2) is 0 Å². The molecule has 0 amide bonds. The minimum Gasteiger partial charge on any atom is -0.388 e. The van der Waals surface area contributed by atoms with Gasteiger partial charge in [-0.3, -0.25) is 9.97 Å². The normalized spacial score (nSPS) is 10.3. The number of anilines is 2. The van der Waals surface area contributed by atoms with Gasteiger partial charge in [0.15, 0.2) is 0 Å². The molecule has 0 saturated carbocycles. The van der Waals surface area contributed by atoms with E-state index >= 15 is 0 Å². The van der Waals surface area contributed by atoms with E-state index in [0.29, 0.717) is 0 Å². The predicted octanol–water partition coefficient (Wildman–Crippen LogP) is 2.65. The zero-order valence-corrected chi connectivity index (χ0v) is 11.7. The molecule has 19 heavy (non-hydrogen) atoms. The molecule has 0 aliphatic carbocycles. The molecule has 0 radical (unpaired) electrons. The summed E-state index contributed by atoms with van der Waals surface area (Å²) in [6, 6.07) is 6.15. The zero-order chi connectivity index (χ0) is 13.7. The molecule has 4 nitrogen and oxygen atoms in total. The highest BCUT2D eigenvalue weighted by atomic mass is 14.8. The maximum atomic E-state index is 4.57. The second kappa shape index (κ2) is 6.18. The van der Waals surface area contributed by atoms with Crippen LogP contribution in [0.5, 0.6) is 0 Å². The lowest BCUT2D eigenvalue weighted by molar-refractivity contribution is 0.898. The molecular formula is C15H20N4. The third-order valence-electron chi connectivity index (χ3n) is 3.12. The van der Waals surface area contributed by atoms with Crippen LogP contribution in [0.2, 0.25) is 0 Å². The summed E-state index contributed by atoms with van der Waals surface area (Å²) >= 11 is 0. The van der Waals surface area contributed by atoms with E-state index in [-0.39, 0.29) is 0 Å². The Morgan fingerprint density at radius 2 is 1.95 bits per heavy atom. The Bertz CT molecular complexity index is 552. The van der Waals surface area contributed by atoms with Crippen molar-refractivity contribution in [1.29, 1.82) is 0 Å². The van der Waals surface area contributed by atoms with Gasteiger partial charge in [0.25, 0.3) is 0 Å². The van der Waals surface area contributed by atoms with Gasteiger partial charge in [-0.1, -0.05) is 0 Å². The Balaban J connectivity index is 2.12. The Morgan fingerprint density at radius 3 is 2.68 bits per heavy atom. The summed E-state index contributed by atoms with van der Waals surface area (Å²) in [5, 5.41) is 6.36. The van der Waals surface area contributed by atoms with Crippen molar-refractivity contribution in [3.05, 3.63) is 47.5 Å². The summed E-state index contributed by atoms with van der Waals surface area (Å²) in [7, 11) is 3.86. The van der Waals surface area contributed by atoms with Crippen molar-refractivity contribution in [3.8, 4) is 0 Å². The second-order valence-corrected chi connectivity index (χ2v) is 4.52. The number of hydrogen-bond acceptors (Lipinski definition) is 4. The Hall–Kier alpha value is -2.10. The molecule has 0 aliphatic rings. The van der Waals surface area contributed by atoms with E-state index < -0.39 is 0 Å². The molecule has 0 saturated heterocycles. The fourth-order valence-corrected chi connectivity index (χ4v) is 2.14. The van der Waals surface area contributed by atoms with Crippen molar-refractivity contribution in [2.45, 2.75) is 19.8 Å². The van der Waals surface area contributed by atoms with Gasteiger partial charge in [0.2, 0.25) is 0 Å². The van der Waals surface area contributed by atoms with Gasteiger partial charge in [-0.15, -0.1) is 0 Å². The molecule has 0 fully saturated rings. The van der Waals surface area contributed by atoms with Crippen molar-refractivity contribution in [2.24, 2.45) is 0 Å². The maximum Gasteiger partial charge on any atom is 0.0430 e. The van der Waals surface area contributed by atoms with E-state index in [4.69, 9.17) is 0 Å². The molecule has 2 aromatic heterocycles. The van der Waals surface area contributed by atoms with E-state index in [2.05, 4.69) is 26.7 Å². The number of aryl methyl sites for hydroxylation is 3. The molecule has 0 spiro atoms. The lowest BCUT2D eigenvalue weighted by Gasteiger charge is -2.09. The van der Waals surface area contributed by atoms with Crippen LogP contribution in [0, 0.1) is 6.92 Å². The van der Waals surface area contributed by atoms with Crippen LogP contribution in [0.25, 0.3) is 0 Å². The molecule has 2 rings (SSSR count). The van der Waals surface area contributed by atoms with Crippen molar-refractivity contribution in [1.82, 2.24) is 9.97 Å². The number of nitrogens with zero attached hydrogens (tertiary/aromatic N) is 2. The summed E-state index contributed by atoms with van der Waals surface area (Å²) in [6.45, 7) is 2.02. The third kappa shape index (κ3) is 3.44.